The Kier molecular flexibility index (Phi) is 6.46. The van der Waals surface area contributed by atoms with E-state index < -0.39 is 39.3 Å². The van der Waals surface area contributed by atoms with Crippen LogP contribution >= 0.6 is 0 Å². The Balaban J connectivity index is 1.98. The predicted octanol–water partition coefficient (Wildman–Crippen LogP) is 1.80. The fourth-order valence-electron chi connectivity index (χ4n) is 2.35. The number of carboxylic acid groups (broad SMARTS) is 1. The smallest absolute Gasteiger partial charge is 0.326 e. The summed E-state index contributed by atoms with van der Waals surface area (Å²) in [6.45, 7) is 0. The summed E-state index contributed by atoms with van der Waals surface area (Å²) in [5, 5.41) is 11.5. The summed E-state index contributed by atoms with van der Waals surface area (Å²) in [5.74, 6) is -2.88. The Labute approximate surface area is 150 Å². The van der Waals surface area contributed by atoms with Gasteiger partial charge in [-0.3, -0.25) is 4.79 Å². The SMILES string of the molecule is O=C(Cc1cccc(F)c1)N[C@H](CCS(=O)(=O)c1ccccc1)C(=O)O. The zero-order valence-corrected chi connectivity index (χ0v) is 14.6. The molecule has 2 rings (SSSR count). The monoisotopic (exact) mass is 379 g/mol. The Hall–Kier alpha value is -2.74. The van der Waals surface area contributed by atoms with E-state index in [0.29, 0.717) is 5.56 Å². The van der Waals surface area contributed by atoms with Crippen molar-refractivity contribution >= 4 is 21.7 Å². The number of nitrogens with one attached hydrogen (secondary N) is 1. The summed E-state index contributed by atoms with van der Waals surface area (Å²) in [5.41, 5.74) is 0.392. The normalized spacial score (nSPS) is 12.3. The largest absolute Gasteiger partial charge is 0.480 e. The number of amides is 1. The molecule has 0 fully saturated rings. The highest BCUT2D eigenvalue weighted by atomic mass is 32.2. The molecule has 0 aromatic heterocycles. The number of halogens is 1. The lowest BCUT2D eigenvalue weighted by Gasteiger charge is -2.15. The van der Waals surface area contributed by atoms with Gasteiger partial charge >= 0.3 is 5.97 Å². The molecule has 2 aromatic carbocycles. The fourth-order valence-corrected chi connectivity index (χ4v) is 3.71. The quantitative estimate of drug-likeness (QED) is 0.728. The van der Waals surface area contributed by atoms with Gasteiger partial charge in [-0.05, 0) is 36.2 Å². The molecule has 0 unspecified atom stereocenters. The predicted molar refractivity (Wildman–Crippen MR) is 92.8 cm³/mol. The Bertz CT molecular complexity index is 883. The Morgan fingerprint density at radius 3 is 2.38 bits per heavy atom. The van der Waals surface area contributed by atoms with Crippen molar-refractivity contribution in [2.24, 2.45) is 0 Å². The van der Waals surface area contributed by atoms with Crippen molar-refractivity contribution in [3.8, 4) is 0 Å². The van der Waals surface area contributed by atoms with E-state index in [1.165, 1.54) is 36.4 Å². The highest BCUT2D eigenvalue weighted by Gasteiger charge is 2.24. The average Bonchev–Trinajstić information content (AvgIpc) is 2.59. The lowest BCUT2D eigenvalue weighted by atomic mass is 10.1. The van der Waals surface area contributed by atoms with E-state index in [0.717, 1.165) is 0 Å². The molecule has 2 aromatic rings. The molecule has 2 N–H and O–H groups in total. The highest BCUT2D eigenvalue weighted by Crippen LogP contribution is 2.12. The summed E-state index contributed by atoms with van der Waals surface area (Å²) in [6, 6.07) is 11.7. The molecule has 0 heterocycles. The van der Waals surface area contributed by atoms with Crippen LogP contribution in [-0.2, 0) is 25.8 Å². The third-order valence-corrected chi connectivity index (χ3v) is 5.43. The number of hydrogen-bond acceptors (Lipinski definition) is 4. The number of aliphatic carboxylic acids is 1. The minimum atomic E-state index is -3.65. The van der Waals surface area contributed by atoms with Crippen LogP contribution in [0.25, 0.3) is 0 Å². The summed E-state index contributed by atoms with van der Waals surface area (Å²) < 4.78 is 37.6. The molecule has 26 heavy (non-hydrogen) atoms. The molecule has 1 atom stereocenters. The standard InChI is InChI=1S/C18H18FNO5S/c19-14-6-4-5-13(11-14)12-17(21)20-16(18(22)23)9-10-26(24,25)15-7-2-1-3-8-15/h1-8,11,16H,9-10,12H2,(H,20,21)(H,22,23)/t16-/m1/s1. The van der Waals surface area contributed by atoms with Crippen LogP contribution in [0.15, 0.2) is 59.5 Å². The lowest BCUT2D eigenvalue weighted by Crippen LogP contribution is -2.42. The molecule has 8 heteroatoms. The van der Waals surface area contributed by atoms with Gasteiger partial charge in [0.05, 0.1) is 17.1 Å². The third-order valence-electron chi connectivity index (χ3n) is 3.66. The van der Waals surface area contributed by atoms with Crippen LogP contribution in [0.3, 0.4) is 0 Å². The fraction of sp³-hybridized carbons (Fsp3) is 0.222. The molecule has 0 bridgehead atoms. The van der Waals surface area contributed by atoms with Gasteiger partial charge in [-0.1, -0.05) is 30.3 Å². The second-order valence-electron chi connectivity index (χ2n) is 5.69. The zero-order chi connectivity index (χ0) is 19.2. The van der Waals surface area contributed by atoms with Crippen LogP contribution in [0.1, 0.15) is 12.0 Å². The van der Waals surface area contributed by atoms with Crippen molar-refractivity contribution in [3.63, 3.8) is 0 Å². The first-order valence-corrected chi connectivity index (χ1v) is 9.47. The number of carbonyl (C=O) groups excluding carboxylic acids is 1. The lowest BCUT2D eigenvalue weighted by molar-refractivity contribution is -0.141. The molecule has 0 saturated carbocycles. The number of rotatable bonds is 8. The van der Waals surface area contributed by atoms with Gasteiger partial charge in [0.25, 0.3) is 0 Å². The summed E-state index contributed by atoms with van der Waals surface area (Å²) >= 11 is 0. The van der Waals surface area contributed by atoms with Crippen molar-refractivity contribution in [3.05, 3.63) is 66.0 Å². The molecule has 6 nitrogen and oxygen atoms in total. The van der Waals surface area contributed by atoms with Gasteiger partial charge in [-0.25, -0.2) is 17.6 Å². The molecular formula is C18H18FNO5S. The van der Waals surface area contributed by atoms with Crippen molar-refractivity contribution in [2.75, 3.05) is 5.75 Å². The molecule has 1 amide bonds. The van der Waals surface area contributed by atoms with E-state index >= 15 is 0 Å². The molecule has 0 spiro atoms. The van der Waals surface area contributed by atoms with Gasteiger partial charge in [0.15, 0.2) is 9.84 Å². The molecule has 0 aliphatic carbocycles. The van der Waals surface area contributed by atoms with E-state index in [1.807, 2.05) is 0 Å². The van der Waals surface area contributed by atoms with Gasteiger partial charge < -0.3 is 10.4 Å². The first-order chi connectivity index (χ1) is 12.3. The zero-order valence-electron chi connectivity index (χ0n) is 13.8. The van der Waals surface area contributed by atoms with Crippen molar-refractivity contribution in [2.45, 2.75) is 23.8 Å². The van der Waals surface area contributed by atoms with Crippen LogP contribution in [-0.4, -0.2) is 37.2 Å². The average molecular weight is 379 g/mol. The van der Waals surface area contributed by atoms with Crippen LogP contribution in [0.2, 0.25) is 0 Å². The molecule has 0 radical (unpaired) electrons. The van der Waals surface area contributed by atoms with E-state index in [2.05, 4.69) is 5.32 Å². The van der Waals surface area contributed by atoms with Crippen molar-refractivity contribution in [1.82, 2.24) is 5.32 Å². The van der Waals surface area contributed by atoms with E-state index in [4.69, 9.17) is 0 Å². The highest BCUT2D eigenvalue weighted by molar-refractivity contribution is 7.91. The Morgan fingerprint density at radius 2 is 1.77 bits per heavy atom. The van der Waals surface area contributed by atoms with Crippen LogP contribution in [0.4, 0.5) is 4.39 Å². The summed E-state index contributed by atoms with van der Waals surface area (Å²) in [6.07, 6.45) is -0.478. The van der Waals surface area contributed by atoms with Crippen LogP contribution in [0, 0.1) is 5.82 Å². The molecule has 0 aliphatic heterocycles. The van der Waals surface area contributed by atoms with E-state index in [1.54, 1.807) is 18.2 Å². The minimum absolute atomic E-state index is 0.0928. The summed E-state index contributed by atoms with van der Waals surface area (Å²) in [7, 11) is -3.65. The number of hydrogen-bond donors (Lipinski definition) is 2. The van der Waals surface area contributed by atoms with E-state index in [9.17, 15) is 27.5 Å². The van der Waals surface area contributed by atoms with Gasteiger partial charge in [0.2, 0.25) is 5.91 Å². The van der Waals surface area contributed by atoms with Gasteiger partial charge in [0.1, 0.15) is 11.9 Å². The van der Waals surface area contributed by atoms with Gasteiger partial charge in [-0.2, -0.15) is 0 Å². The number of sulfone groups is 1. The van der Waals surface area contributed by atoms with E-state index in [-0.39, 0.29) is 17.7 Å². The molecule has 138 valence electrons. The minimum Gasteiger partial charge on any atom is -0.480 e. The first-order valence-electron chi connectivity index (χ1n) is 7.82. The maximum absolute atomic E-state index is 13.1. The molecule has 0 aliphatic rings. The maximum Gasteiger partial charge on any atom is 0.326 e. The second-order valence-corrected chi connectivity index (χ2v) is 7.79. The molecule has 0 saturated heterocycles. The Morgan fingerprint density at radius 1 is 1.08 bits per heavy atom. The number of benzene rings is 2. The van der Waals surface area contributed by atoms with Crippen molar-refractivity contribution in [1.29, 1.82) is 0 Å². The van der Waals surface area contributed by atoms with Crippen LogP contribution < -0.4 is 5.32 Å². The maximum atomic E-state index is 13.1. The third kappa shape index (κ3) is 5.66. The van der Waals surface area contributed by atoms with Crippen molar-refractivity contribution < 1.29 is 27.5 Å². The number of carboxylic acids is 1. The second kappa shape index (κ2) is 8.57. The first kappa shape index (κ1) is 19.6. The van der Waals surface area contributed by atoms with Crippen LogP contribution in [0.5, 0.6) is 0 Å². The topological polar surface area (TPSA) is 101 Å². The van der Waals surface area contributed by atoms with Gasteiger partial charge in [-0.15, -0.1) is 0 Å². The van der Waals surface area contributed by atoms with Gasteiger partial charge in [0, 0.05) is 0 Å². The number of carbonyl (C=O) groups is 2. The molecular weight excluding hydrogens is 361 g/mol. The summed E-state index contributed by atoms with van der Waals surface area (Å²) in [4.78, 5) is 23.4.